The fraction of sp³-hybridized carbons (Fsp3) is 0.316. The van der Waals surface area contributed by atoms with Gasteiger partial charge < -0.3 is 10.0 Å². The van der Waals surface area contributed by atoms with Crippen molar-refractivity contribution in [2.45, 2.75) is 19.8 Å². The fourth-order valence-corrected chi connectivity index (χ4v) is 3.19. The lowest BCUT2D eigenvalue weighted by Crippen LogP contribution is -2.26. The summed E-state index contributed by atoms with van der Waals surface area (Å²) in [5, 5.41) is 9.12. The number of pyridine rings is 1. The topological polar surface area (TPSA) is 70.5 Å². The minimum absolute atomic E-state index is 0.137. The van der Waals surface area contributed by atoms with E-state index in [1.54, 1.807) is 31.3 Å². The average molecular weight is 324 g/mol. The average Bonchev–Trinajstić information content (AvgIpc) is 3.04. The van der Waals surface area contributed by atoms with Gasteiger partial charge in [-0.3, -0.25) is 9.78 Å². The SMILES string of the molecule is CC(=O)N1CCC(Cc2ccnc(-c3cccc(C(=O)O)c3)c2)C1. The van der Waals surface area contributed by atoms with Gasteiger partial charge in [-0.05, 0) is 48.6 Å². The molecule has 1 aliphatic heterocycles. The number of carboxylic acids is 1. The zero-order valence-corrected chi connectivity index (χ0v) is 13.6. The number of benzene rings is 1. The van der Waals surface area contributed by atoms with Crippen molar-refractivity contribution in [1.82, 2.24) is 9.88 Å². The van der Waals surface area contributed by atoms with Gasteiger partial charge in [0.05, 0.1) is 11.3 Å². The van der Waals surface area contributed by atoms with E-state index < -0.39 is 5.97 Å². The van der Waals surface area contributed by atoms with Crippen LogP contribution in [0.25, 0.3) is 11.3 Å². The molecule has 1 N–H and O–H groups in total. The Morgan fingerprint density at radius 3 is 2.83 bits per heavy atom. The molecule has 0 bridgehead atoms. The second kappa shape index (κ2) is 6.83. The van der Waals surface area contributed by atoms with E-state index in [1.807, 2.05) is 23.1 Å². The summed E-state index contributed by atoms with van der Waals surface area (Å²) >= 11 is 0. The number of likely N-dealkylation sites (tertiary alicyclic amines) is 1. The molecule has 1 amide bonds. The lowest BCUT2D eigenvalue weighted by molar-refractivity contribution is -0.127. The number of rotatable bonds is 4. The highest BCUT2D eigenvalue weighted by atomic mass is 16.4. The Hall–Kier alpha value is -2.69. The summed E-state index contributed by atoms with van der Waals surface area (Å²) in [5.41, 5.74) is 2.99. The number of carbonyl (C=O) groups excluding carboxylic acids is 1. The lowest BCUT2D eigenvalue weighted by atomic mass is 9.97. The maximum Gasteiger partial charge on any atom is 0.335 e. The molecule has 1 aliphatic rings. The van der Waals surface area contributed by atoms with Crippen LogP contribution in [0.4, 0.5) is 0 Å². The van der Waals surface area contributed by atoms with Gasteiger partial charge >= 0.3 is 5.97 Å². The van der Waals surface area contributed by atoms with E-state index in [1.165, 1.54) is 0 Å². The molecule has 2 heterocycles. The third-order valence-electron chi connectivity index (χ3n) is 4.49. The minimum atomic E-state index is -0.941. The van der Waals surface area contributed by atoms with Crippen molar-refractivity contribution in [1.29, 1.82) is 0 Å². The zero-order chi connectivity index (χ0) is 17.1. The van der Waals surface area contributed by atoms with Gasteiger partial charge in [0.2, 0.25) is 5.91 Å². The molecule has 2 aromatic rings. The van der Waals surface area contributed by atoms with Crippen LogP contribution in [0.5, 0.6) is 0 Å². The van der Waals surface area contributed by atoms with E-state index in [-0.39, 0.29) is 11.5 Å². The first-order chi connectivity index (χ1) is 11.5. The van der Waals surface area contributed by atoms with Crippen LogP contribution in [0.2, 0.25) is 0 Å². The minimum Gasteiger partial charge on any atom is -0.478 e. The van der Waals surface area contributed by atoms with E-state index in [2.05, 4.69) is 4.98 Å². The number of aromatic nitrogens is 1. The fourth-order valence-electron chi connectivity index (χ4n) is 3.19. The molecule has 1 fully saturated rings. The molecule has 5 heteroatoms. The third kappa shape index (κ3) is 3.62. The molecule has 0 aliphatic carbocycles. The molecule has 1 aromatic carbocycles. The molecular formula is C19H20N2O3. The number of hydrogen-bond acceptors (Lipinski definition) is 3. The molecule has 0 spiro atoms. The van der Waals surface area contributed by atoms with Crippen LogP contribution >= 0.6 is 0 Å². The highest BCUT2D eigenvalue weighted by Gasteiger charge is 2.24. The predicted molar refractivity (Wildman–Crippen MR) is 90.7 cm³/mol. The normalized spacial score (nSPS) is 17.0. The van der Waals surface area contributed by atoms with Gasteiger partial charge in [0.25, 0.3) is 0 Å². The van der Waals surface area contributed by atoms with Crippen molar-refractivity contribution in [3.8, 4) is 11.3 Å². The van der Waals surface area contributed by atoms with Crippen LogP contribution in [-0.2, 0) is 11.2 Å². The van der Waals surface area contributed by atoms with Gasteiger partial charge in [-0.15, -0.1) is 0 Å². The summed E-state index contributed by atoms with van der Waals surface area (Å²) in [7, 11) is 0. The van der Waals surface area contributed by atoms with Gasteiger partial charge in [-0.25, -0.2) is 4.79 Å². The van der Waals surface area contributed by atoms with E-state index in [0.29, 0.717) is 5.92 Å². The Morgan fingerprint density at radius 2 is 2.12 bits per heavy atom. The first-order valence-electron chi connectivity index (χ1n) is 8.07. The third-order valence-corrected chi connectivity index (χ3v) is 4.49. The van der Waals surface area contributed by atoms with Crippen molar-refractivity contribution in [2.75, 3.05) is 13.1 Å². The Bertz CT molecular complexity index is 773. The number of aromatic carboxylic acids is 1. The Morgan fingerprint density at radius 1 is 1.29 bits per heavy atom. The number of nitrogens with zero attached hydrogens (tertiary/aromatic N) is 2. The predicted octanol–water partition coefficient (Wildman–Crippen LogP) is 2.86. The van der Waals surface area contributed by atoms with Gasteiger partial charge in [0.1, 0.15) is 0 Å². The van der Waals surface area contributed by atoms with Crippen molar-refractivity contribution < 1.29 is 14.7 Å². The van der Waals surface area contributed by atoms with E-state index >= 15 is 0 Å². The standard InChI is InChI=1S/C19H20N2O3/c1-13(22)21-8-6-15(12-21)9-14-5-7-20-18(10-14)16-3-2-4-17(11-16)19(23)24/h2-5,7,10-11,15H,6,8-9,12H2,1H3,(H,23,24). The quantitative estimate of drug-likeness (QED) is 0.939. The van der Waals surface area contributed by atoms with Crippen molar-refractivity contribution in [2.24, 2.45) is 5.92 Å². The maximum atomic E-state index is 11.4. The van der Waals surface area contributed by atoms with Crippen LogP contribution in [0.1, 0.15) is 29.3 Å². The Balaban J connectivity index is 1.76. The summed E-state index contributed by atoms with van der Waals surface area (Å²) < 4.78 is 0. The van der Waals surface area contributed by atoms with E-state index in [4.69, 9.17) is 5.11 Å². The molecule has 1 saturated heterocycles. The highest BCUT2D eigenvalue weighted by Crippen LogP contribution is 2.24. The molecule has 24 heavy (non-hydrogen) atoms. The summed E-state index contributed by atoms with van der Waals surface area (Å²) in [6.07, 6.45) is 3.68. The second-order valence-electron chi connectivity index (χ2n) is 6.26. The van der Waals surface area contributed by atoms with Crippen LogP contribution in [0.15, 0.2) is 42.6 Å². The summed E-state index contributed by atoms with van der Waals surface area (Å²) in [6.45, 7) is 3.25. The van der Waals surface area contributed by atoms with Crippen LogP contribution in [-0.4, -0.2) is 40.0 Å². The molecule has 1 aromatic heterocycles. The molecule has 1 atom stereocenters. The summed E-state index contributed by atoms with van der Waals surface area (Å²) in [6, 6.07) is 10.8. The van der Waals surface area contributed by atoms with Gasteiger partial charge in [0, 0.05) is 31.8 Å². The molecule has 1 unspecified atom stereocenters. The molecule has 0 saturated carbocycles. The monoisotopic (exact) mass is 324 g/mol. The molecule has 124 valence electrons. The number of carbonyl (C=O) groups is 2. The van der Waals surface area contributed by atoms with Crippen molar-refractivity contribution in [3.05, 3.63) is 53.7 Å². The van der Waals surface area contributed by atoms with E-state index in [0.717, 1.165) is 42.8 Å². The van der Waals surface area contributed by atoms with Crippen LogP contribution in [0, 0.1) is 5.92 Å². The highest BCUT2D eigenvalue weighted by molar-refractivity contribution is 5.89. The van der Waals surface area contributed by atoms with E-state index in [9.17, 15) is 9.59 Å². The Kier molecular flexibility index (Phi) is 4.60. The number of amides is 1. The second-order valence-corrected chi connectivity index (χ2v) is 6.26. The van der Waals surface area contributed by atoms with Gasteiger partial charge in [-0.2, -0.15) is 0 Å². The van der Waals surface area contributed by atoms with Gasteiger partial charge in [0.15, 0.2) is 0 Å². The molecule has 3 rings (SSSR count). The number of carboxylic acid groups (broad SMARTS) is 1. The molecule has 5 nitrogen and oxygen atoms in total. The molecular weight excluding hydrogens is 304 g/mol. The maximum absolute atomic E-state index is 11.4. The smallest absolute Gasteiger partial charge is 0.335 e. The van der Waals surface area contributed by atoms with Gasteiger partial charge in [-0.1, -0.05) is 12.1 Å². The summed E-state index contributed by atoms with van der Waals surface area (Å²) in [5.74, 6) is -0.337. The van der Waals surface area contributed by atoms with Crippen molar-refractivity contribution >= 4 is 11.9 Å². The first kappa shape index (κ1) is 16.2. The number of hydrogen-bond donors (Lipinski definition) is 1. The Labute approximate surface area is 140 Å². The van der Waals surface area contributed by atoms with Crippen LogP contribution < -0.4 is 0 Å². The first-order valence-corrected chi connectivity index (χ1v) is 8.07. The summed E-state index contributed by atoms with van der Waals surface area (Å²) in [4.78, 5) is 28.8. The van der Waals surface area contributed by atoms with Crippen LogP contribution in [0.3, 0.4) is 0 Å². The van der Waals surface area contributed by atoms with Crippen molar-refractivity contribution in [3.63, 3.8) is 0 Å². The largest absolute Gasteiger partial charge is 0.478 e. The lowest BCUT2D eigenvalue weighted by Gasteiger charge is -2.14. The molecule has 0 radical (unpaired) electrons. The zero-order valence-electron chi connectivity index (χ0n) is 13.6.